The van der Waals surface area contributed by atoms with E-state index in [-0.39, 0.29) is 45.8 Å². The van der Waals surface area contributed by atoms with Gasteiger partial charge in [-0.2, -0.15) is 0 Å². The fourth-order valence-electron chi connectivity index (χ4n) is 3.05. The Morgan fingerprint density at radius 1 is 1.13 bits per heavy atom. The summed E-state index contributed by atoms with van der Waals surface area (Å²) in [5.41, 5.74) is 1.48. The van der Waals surface area contributed by atoms with Crippen LogP contribution in [-0.4, -0.2) is 10.5 Å². The van der Waals surface area contributed by atoms with Crippen LogP contribution in [0.5, 0.6) is 0 Å². The zero-order valence-electron chi connectivity index (χ0n) is 16.0. The van der Waals surface area contributed by atoms with E-state index in [0.717, 1.165) is 11.3 Å². The fourth-order valence-corrected chi connectivity index (χ4v) is 4.28. The van der Waals surface area contributed by atoms with Crippen LogP contribution < -0.4 is 45.5 Å². The number of hydrogen-bond donors (Lipinski definition) is 1. The van der Waals surface area contributed by atoms with Gasteiger partial charge in [-0.1, -0.05) is 11.6 Å². The largest absolute Gasteiger partial charge is 1.00 e. The predicted octanol–water partition coefficient (Wildman–Crippen LogP) is 1.26. The minimum atomic E-state index is -1.37. The van der Waals surface area contributed by atoms with Crippen molar-refractivity contribution in [3.8, 4) is 5.69 Å². The molecule has 0 aliphatic heterocycles. The summed E-state index contributed by atoms with van der Waals surface area (Å²) in [6.45, 7) is 1.62. The summed E-state index contributed by atoms with van der Waals surface area (Å²) in [6.07, 6.45) is 0. The van der Waals surface area contributed by atoms with Crippen LogP contribution >= 0.6 is 22.9 Å². The van der Waals surface area contributed by atoms with Crippen molar-refractivity contribution in [2.24, 2.45) is 0 Å². The van der Waals surface area contributed by atoms with E-state index in [2.05, 4.69) is 5.32 Å². The first-order valence-corrected chi connectivity index (χ1v) is 9.73. The number of aryl methyl sites for hydroxylation is 1. The Hall–Kier alpha value is -2.16. The average Bonchev–Trinajstić information content (AvgIpc) is 3.04. The molecule has 30 heavy (non-hydrogen) atoms. The van der Waals surface area contributed by atoms with Crippen LogP contribution in [-0.2, 0) is 0 Å². The van der Waals surface area contributed by atoms with Gasteiger partial charge in [0, 0.05) is 22.2 Å². The molecule has 0 amide bonds. The first kappa shape index (κ1) is 22.5. The van der Waals surface area contributed by atoms with Crippen LogP contribution in [0.3, 0.4) is 0 Å². The van der Waals surface area contributed by atoms with Crippen molar-refractivity contribution in [1.29, 1.82) is 0 Å². The van der Waals surface area contributed by atoms with Gasteiger partial charge >= 0.3 is 29.6 Å². The Morgan fingerprint density at radius 2 is 1.83 bits per heavy atom. The number of thiophene rings is 1. The van der Waals surface area contributed by atoms with E-state index < -0.39 is 5.97 Å². The Kier molecular flexibility index (Phi) is 6.69. The number of anilines is 2. The van der Waals surface area contributed by atoms with E-state index in [0.29, 0.717) is 37.9 Å². The number of halogens is 2. The molecule has 2 aromatic heterocycles. The number of aromatic nitrogens is 1. The summed E-state index contributed by atoms with van der Waals surface area (Å²) in [5, 5.41) is 15.9. The number of carbonyl (C=O) groups excluding carboxylic acids is 1. The Labute approximate surface area is 202 Å². The maximum atomic E-state index is 13.6. The predicted molar refractivity (Wildman–Crippen MR) is 111 cm³/mol. The molecule has 0 bridgehead atoms. The minimum Gasteiger partial charge on any atom is -0.544 e. The van der Waals surface area contributed by atoms with Crippen molar-refractivity contribution >= 4 is 50.5 Å². The molecule has 2 heterocycles. The first-order chi connectivity index (χ1) is 13.8. The Bertz CT molecular complexity index is 1320. The van der Waals surface area contributed by atoms with E-state index >= 15 is 0 Å². The number of fused-ring (bicyclic) bond motifs is 1. The van der Waals surface area contributed by atoms with Crippen molar-refractivity contribution in [3.05, 3.63) is 86.2 Å². The molecule has 0 saturated carbocycles. The number of nitrogens with zero attached hydrogens (tertiary/aromatic N) is 1. The summed E-state index contributed by atoms with van der Waals surface area (Å²) >= 11 is 6.86. The van der Waals surface area contributed by atoms with Gasteiger partial charge in [-0.05, 0) is 61.0 Å². The number of carboxylic acids is 1. The Morgan fingerprint density at radius 3 is 2.47 bits per heavy atom. The number of benzene rings is 2. The van der Waals surface area contributed by atoms with Crippen LogP contribution in [0.25, 0.3) is 15.9 Å². The molecule has 1 N–H and O–H groups in total. The van der Waals surface area contributed by atoms with Gasteiger partial charge in [-0.25, -0.2) is 4.39 Å². The van der Waals surface area contributed by atoms with Crippen molar-refractivity contribution in [1.82, 2.24) is 4.57 Å². The molecule has 0 radical (unpaired) electrons. The molecule has 0 unspecified atom stereocenters. The zero-order valence-corrected chi connectivity index (χ0v) is 19.6. The second-order valence-corrected chi connectivity index (χ2v) is 7.82. The van der Waals surface area contributed by atoms with Crippen molar-refractivity contribution in [2.45, 2.75) is 6.92 Å². The van der Waals surface area contributed by atoms with Gasteiger partial charge < -0.3 is 15.2 Å². The molecule has 2 aromatic carbocycles. The van der Waals surface area contributed by atoms with Crippen LogP contribution in [0.15, 0.2) is 59.4 Å². The van der Waals surface area contributed by atoms with Crippen LogP contribution in [0, 0.1) is 12.7 Å². The molecule has 0 saturated heterocycles. The van der Waals surface area contributed by atoms with Gasteiger partial charge in [-0.15, -0.1) is 11.3 Å². The fraction of sp³-hybridized carbons (Fsp3) is 0.0476. The van der Waals surface area contributed by atoms with Crippen molar-refractivity contribution in [2.75, 3.05) is 5.32 Å². The third kappa shape index (κ3) is 4.17. The molecular weight excluding hydrogens is 438 g/mol. The van der Waals surface area contributed by atoms with E-state index in [1.165, 1.54) is 22.8 Å². The zero-order chi connectivity index (χ0) is 20.7. The smallest absolute Gasteiger partial charge is 0.544 e. The van der Waals surface area contributed by atoms with E-state index in [4.69, 9.17) is 11.6 Å². The molecule has 0 fully saturated rings. The molecule has 5 nitrogen and oxygen atoms in total. The van der Waals surface area contributed by atoms with Crippen molar-refractivity contribution < 1.29 is 43.8 Å². The number of carboxylic acid groups (broad SMARTS) is 1. The maximum absolute atomic E-state index is 13.6. The van der Waals surface area contributed by atoms with E-state index in [1.54, 1.807) is 43.3 Å². The summed E-state index contributed by atoms with van der Waals surface area (Å²) < 4.78 is 15.0. The van der Waals surface area contributed by atoms with Crippen LogP contribution in [0.2, 0.25) is 5.02 Å². The summed E-state index contributed by atoms with van der Waals surface area (Å²) in [4.78, 5) is 24.7. The minimum absolute atomic E-state index is 0. The van der Waals surface area contributed by atoms with Crippen molar-refractivity contribution in [3.63, 3.8) is 0 Å². The number of hydrogen-bond acceptors (Lipinski definition) is 5. The molecule has 0 aliphatic carbocycles. The number of pyridine rings is 1. The topological polar surface area (TPSA) is 74.2 Å². The van der Waals surface area contributed by atoms with Gasteiger partial charge in [0.2, 0.25) is 0 Å². The molecule has 0 spiro atoms. The van der Waals surface area contributed by atoms with Gasteiger partial charge in [0.1, 0.15) is 10.6 Å². The summed E-state index contributed by atoms with van der Waals surface area (Å²) in [6, 6.07) is 14.0. The SMILES string of the molecule is Cc1cc(Nc2c(C(=O)[O-])sc3c2ccc(=O)n3-c2ccc(Cl)cc2)ccc1F.[Na+]. The second-order valence-electron chi connectivity index (χ2n) is 6.38. The third-order valence-corrected chi connectivity index (χ3v) is 5.86. The first-order valence-electron chi connectivity index (χ1n) is 8.54. The van der Waals surface area contributed by atoms with E-state index in [1.807, 2.05) is 0 Å². The molecule has 4 aromatic rings. The molecule has 9 heteroatoms. The maximum Gasteiger partial charge on any atom is 1.00 e. The number of rotatable bonds is 4. The summed E-state index contributed by atoms with van der Waals surface area (Å²) in [7, 11) is 0. The third-order valence-electron chi connectivity index (χ3n) is 4.44. The molecule has 0 atom stereocenters. The standard InChI is InChI=1S/C21H14ClFN2O3S.Na/c1-11-10-13(4-8-16(11)23)24-18-15-7-9-17(26)25(14-5-2-12(22)3-6-14)20(15)29-19(18)21(27)28;/h2-10,24H,1H3,(H,27,28);/q;+1/p-1. The normalized spacial score (nSPS) is 10.6. The van der Waals surface area contributed by atoms with Gasteiger partial charge in [0.15, 0.2) is 0 Å². The van der Waals surface area contributed by atoms with Gasteiger partial charge in [0.05, 0.1) is 22.2 Å². The number of aromatic carboxylic acids is 1. The van der Waals surface area contributed by atoms with Crippen LogP contribution in [0.1, 0.15) is 15.2 Å². The Balaban J connectivity index is 0.00000256. The second kappa shape index (κ2) is 8.91. The molecule has 4 rings (SSSR count). The molecule has 0 aliphatic rings. The summed E-state index contributed by atoms with van der Waals surface area (Å²) in [5.74, 6) is -1.73. The monoisotopic (exact) mass is 450 g/mol. The van der Waals surface area contributed by atoms with Gasteiger partial charge in [0.25, 0.3) is 5.56 Å². The molecule has 146 valence electrons. The average molecular weight is 451 g/mol. The number of nitrogens with one attached hydrogen (secondary N) is 1. The van der Waals surface area contributed by atoms with E-state index in [9.17, 15) is 19.1 Å². The molecular formula is C21H13ClFN2NaO3S. The van der Waals surface area contributed by atoms with Gasteiger partial charge in [-0.3, -0.25) is 9.36 Å². The number of carbonyl (C=O) groups is 1. The van der Waals surface area contributed by atoms with Crippen LogP contribution in [0.4, 0.5) is 15.8 Å². The quantitative estimate of drug-likeness (QED) is 0.475.